The number of aryl methyl sites for hydroxylation is 1. The molecule has 122 valence electrons. The molecule has 0 N–H and O–H groups in total. The van der Waals surface area contributed by atoms with Gasteiger partial charge in [-0.3, -0.25) is 9.48 Å². The zero-order valence-corrected chi connectivity index (χ0v) is 13.4. The molecule has 7 nitrogen and oxygen atoms in total. The molecule has 1 atom stereocenters. The second kappa shape index (κ2) is 5.92. The van der Waals surface area contributed by atoms with Gasteiger partial charge in [-0.25, -0.2) is 4.68 Å². The Hall–Kier alpha value is -2.96. The number of nitrogens with zero attached hydrogens (tertiary/aromatic N) is 6. The molecular formula is C17H18N6O. The zero-order valence-electron chi connectivity index (χ0n) is 13.4. The van der Waals surface area contributed by atoms with Crippen LogP contribution in [0, 0.1) is 0 Å². The molecular weight excluding hydrogens is 304 g/mol. The summed E-state index contributed by atoms with van der Waals surface area (Å²) in [5.74, 6) is -0.0801. The topological polar surface area (TPSA) is 68.8 Å². The van der Waals surface area contributed by atoms with E-state index in [1.54, 1.807) is 15.6 Å². The monoisotopic (exact) mass is 322 g/mol. The Kier molecular flexibility index (Phi) is 3.60. The molecule has 1 aromatic carbocycles. The predicted molar refractivity (Wildman–Crippen MR) is 87.6 cm³/mol. The average Bonchev–Trinajstić information content (AvgIpc) is 3.35. The standard InChI is InChI=1S/C17H18N6O/c1-21-11-13(10-18-21)16-8-5-9-22(16)17(24)15-12-23(20-19-15)14-6-3-2-4-7-14/h2-4,6-7,10-12,16H,5,8-9H2,1H3/t16-/m0/s1. The van der Waals surface area contributed by atoms with Gasteiger partial charge in [0.25, 0.3) is 5.91 Å². The molecule has 24 heavy (non-hydrogen) atoms. The van der Waals surface area contributed by atoms with Crippen molar-refractivity contribution in [3.63, 3.8) is 0 Å². The molecule has 0 saturated carbocycles. The number of benzene rings is 1. The first kappa shape index (κ1) is 14.6. The number of aromatic nitrogens is 5. The van der Waals surface area contributed by atoms with Crippen LogP contribution in [-0.4, -0.2) is 42.1 Å². The SMILES string of the molecule is Cn1cc([C@@H]2CCCN2C(=O)c2cn(-c3ccccc3)nn2)cn1. The highest BCUT2D eigenvalue weighted by Crippen LogP contribution is 2.32. The third-order valence-corrected chi connectivity index (χ3v) is 4.36. The molecule has 7 heteroatoms. The fourth-order valence-corrected chi connectivity index (χ4v) is 3.18. The van der Waals surface area contributed by atoms with E-state index in [9.17, 15) is 4.79 Å². The van der Waals surface area contributed by atoms with Crippen LogP contribution in [-0.2, 0) is 7.05 Å². The molecule has 0 radical (unpaired) electrons. The van der Waals surface area contributed by atoms with Crippen LogP contribution in [0.4, 0.5) is 0 Å². The molecule has 0 aliphatic carbocycles. The van der Waals surface area contributed by atoms with Crippen LogP contribution in [0.25, 0.3) is 5.69 Å². The largest absolute Gasteiger partial charge is 0.330 e. The van der Waals surface area contributed by atoms with Crippen molar-refractivity contribution >= 4 is 5.91 Å². The summed E-state index contributed by atoms with van der Waals surface area (Å²) in [5.41, 5.74) is 2.32. The summed E-state index contributed by atoms with van der Waals surface area (Å²) in [6, 6.07) is 9.71. The van der Waals surface area contributed by atoms with E-state index in [2.05, 4.69) is 15.4 Å². The third kappa shape index (κ3) is 2.58. The Labute approximate surface area is 139 Å². The van der Waals surface area contributed by atoms with Gasteiger partial charge in [0.1, 0.15) is 0 Å². The van der Waals surface area contributed by atoms with Crippen molar-refractivity contribution in [3.8, 4) is 5.69 Å². The lowest BCUT2D eigenvalue weighted by atomic mass is 10.1. The van der Waals surface area contributed by atoms with Gasteiger partial charge < -0.3 is 4.90 Å². The summed E-state index contributed by atoms with van der Waals surface area (Å²) in [4.78, 5) is 14.7. The molecule has 0 unspecified atom stereocenters. The molecule has 1 saturated heterocycles. The van der Waals surface area contributed by atoms with Crippen molar-refractivity contribution < 1.29 is 4.79 Å². The second-order valence-corrected chi connectivity index (χ2v) is 5.99. The van der Waals surface area contributed by atoms with Crippen molar-refractivity contribution in [2.75, 3.05) is 6.54 Å². The number of para-hydroxylation sites is 1. The molecule has 1 aliphatic heterocycles. The van der Waals surface area contributed by atoms with Crippen molar-refractivity contribution in [2.45, 2.75) is 18.9 Å². The van der Waals surface area contributed by atoms with Gasteiger partial charge in [0.05, 0.1) is 24.1 Å². The lowest BCUT2D eigenvalue weighted by Gasteiger charge is -2.22. The molecule has 2 aromatic heterocycles. The number of hydrogen-bond donors (Lipinski definition) is 0. The van der Waals surface area contributed by atoms with Crippen molar-refractivity contribution in [1.29, 1.82) is 0 Å². The van der Waals surface area contributed by atoms with E-state index >= 15 is 0 Å². The lowest BCUT2D eigenvalue weighted by Crippen LogP contribution is -2.30. The minimum absolute atomic E-state index is 0.0630. The number of carbonyl (C=O) groups is 1. The number of amides is 1. The minimum atomic E-state index is -0.0801. The Balaban J connectivity index is 1.58. The van der Waals surface area contributed by atoms with Crippen LogP contribution < -0.4 is 0 Å². The lowest BCUT2D eigenvalue weighted by molar-refractivity contribution is 0.0729. The molecule has 4 rings (SSSR count). The van der Waals surface area contributed by atoms with Gasteiger partial charge in [0.2, 0.25) is 0 Å². The summed E-state index contributed by atoms with van der Waals surface area (Å²) in [6.07, 6.45) is 7.42. The van der Waals surface area contributed by atoms with Crippen molar-refractivity contribution in [1.82, 2.24) is 29.7 Å². The molecule has 1 amide bonds. The molecule has 0 spiro atoms. The Morgan fingerprint density at radius 1 is 1.21 bits per heavy atom. The highest BCUT2D eigenvalue weighted by Gasteiger charge is 2.32. The number of rotatable bonds is 3. The van der Waals surface area contributed by atoms with Gasteiger partial charge in [0, 0.05) is 25.4 Å². The summed E-state index contributed by atoms with van der Waals surface area (Å²) in [7, 11) is 1.88. The Morgan fingerprint density at radius 2 is 2.04 bits per heavy atom. The smallest absolute Gasteiger partial charge is 0.276 e. The molecule has 0 bridgehead atoms. The number of carbonyl (C=O) groups excluding carboxylic acids is 1. The highest BCUT2D eigenvalue weighted by atomic mass is 16.2. The van der Waals surface area contributed by atoms with Gasteiger partial charge in [-0.2, -0.15) is 5.10 Å². The highest BCUT2D eigenvalue weighted by molar-refractivity contribution is 5.92. The van der Waals surface area contributed by atoms with Crippen LogP contribution in [0.15, 0.2) is 48.9 Å². The van der Waals surface area contributed by atoms with Gasteiger partial charge in [-0.1, -0.05) is 23.4 Å². The van der Waals surface area contributed by atoms with E-state index in [0.29, 0.717) is 5.69 Å². The fourth-order valence-electron chi connectivity index (χ4n) is 3.18. The first-order chi connectivity index (χ1) is 11.7. The first-order valence-electron chi connectivity index (χ1n) is 7.99. The first-order valence-corrected chi connectivity index (χ1v) is 7.99. The quantitative estimate of drug-likeness (QED) is 0.739. The Bertz CT molecular complexity index is 853. The average molecular weight is 322 g/mol. The van der Waals surface area contributed by atoms with Gasteiger partial charge in [0.15, 0.2) is 5.69 Å². The van der Waals surface area contributed by atoms with E-state index in [4.69, 9.17) is 0 Å². The summed E-state index contributed by atoms with van der Waals surface area (Å²) < 4.78 is 3.39. The maximum Gasteiger partial charge on any atom is 0.276 e. The van der Waals surface area contributed by atoms with E-state index in [-0.39, 0.29) is 11.9 Å². The second-order valence-electron chi connectivity index (χ2n) is 5.99. The van der Waals surface area contributed by atoms with Crippen molar-refractivity contribution in [2.24, 2.45) is 7.05 Å². The van der Waals surface area contributed by atoms with Crippen LogP contribution in [0.5, 0.6) is 0 Å². The van der Waals surface area contributed by atoms with Gasteiger partial charge in [-0.15, -0.1) is 5.10 Å². The molecule has 3 aromatic rings. The molecule has 1 fully saturated rings. The third-order valence-electron chi connectivity index (χ3n) is 4.36. The van der Waals surface area contributed by atoms with Crippen LogP contribution in [0.1, 0.15) is 34.9 Å². The number of likely N-dealkylation sites (tertiary alicyclic amines) is 1. The maximum absolute atomic E-state index is 12.9. The Morgan fingerprint density at radius 3 is 2.79 bits per heavy atom. The van der Waals surface area contributed by atoms with Gasteiger partial charge in [-0.05, 0) is 25.0 Å². The molecule has 1 aliphatic rings. The van der Waals surface area contributed by atoms with Crippen LogP contribution in [0.3, 0.4) is 0 Å². The predicted octanol–water partition coefficient (Wildman–Crippen LogP) is 1.98. The fraction of sp³-hybridized carbons (Fsp3) is 0.294. The maximum atomic E-state index is 12.9. The van der Waals surface area contributed by atoms with Crippen LogP contribution in [0.2, 0.25) is 0 Å². The van der Waals surface area contributed by atoms with Crippen molar-refractivity contribution in [3.05, 3.63) is 60.2 Å². The van der Waals surface area contributed by atoms with E-state index in [0.717, 1.165) is 30.6 Å². The number of hydrogen-bond acceptors (Lipinski definition) is 4. The van der Waals surface area contributed by atoms with E-state index in [1.165, 1.54) is 0 Å². The summed E-state index contributed by atoms with van der Waals surface area (Å²) in [5, 5.41) is 12.4. The summed E-state index contributed by atoms with van der Waals surface area (Å²) >= 11 is 0. The van der Waals surface area contributed by atoms with Crippen LogP contribution >= 0.6 is 0 Å². The van der Waals surface area contributed by atoms with E-state index < -0.39 is 0 Å². The van der Waals surface area contributed by atoms with E-state index in [1.807, 2.05) is 54.7 Å². The zero-order chi connectivity index (χ0) is 16.5. The minimum Gasteiger partial charge on any atom is -0.330 e. The normalized spacial score (nSPS) is 17.4. The molecule has 3 heterocycles. The summed E-state index contributed by atoms with van der Waals surface area (Å²) in [6.45, 7) is 0.733. The van der Waals surface area contributed by atoms with Gasteiger partial charge >= 0.3 is 0 Å².